The molecule has 1 N–H and O–H groups in total. The molecular formula is C41H55N3O8SSi. The summed E-state index contributed by atoms with van der Waals surface area (Å²) in [6.45, 7) is 23.1. The van der Waals surface area contributed by atoms with Crippen molar-refractivity contribution in [3.8, 4) is 11.5 Å². The fourth-order valence-corrected chi connectivity index (χ4v) is 8.68. The van der Waals surface area contributed by atoms with Crippen LogP contribution < -0.4 is 14.5 Å². The van der Waals surface area contributed by atoms with Crippen LogP contribution in [0.25, 0.3) is 0 Å². The van der Waals surface area contributed by atoms with Crippen LogP contribution in [-0.4, -0.2) is 73.3 Å². The molecule has 13 heteroatoms. The average molecular weight is 778 g/mol. The Balaban J connectivity index is 1.56. The van der Waals surface area contributed by atoms with Crippen LogP contribution in [0.15, 0.2) is 42.5 Å². The van der Waals surface area contributed by atoms with Crippen LogP contribution in [0.4, 0.5) is 5.00 Å². The van der Waals surface area contributed by atoms with E-state index in [1.54, 1.807) is 48.7 Å². The van der Waals surface area contributed by atoms with Gasteiger partial charge in [-0.3, -0.25) is 14.5 Å². The fourth-order valence-electron chi connectivity index (χ4n) is 6.30. The first-order chi connectivity index (χ1) is 25.0. The number of ether oxygens (including phenoxy) is 3. The molecule has 2 amide bonds. The van der Waals surface area contributed by atoms with E-state index in [4.69, 9.17) is 18.6 Å². The highest BCUT2D eigenvalue weighted by molar-refractivity contribution is 7.17. The van der Waals surface area contributed by atoms with Crippen molar-refractivity contribution in [2.75, 3.05) is 25.5 Å². The van der Waals surface area contributed by atoms with Gasteiger partial charge in [-0.2, -0.15) is 0 Å². The van der Waals surface area contributed by atoms with E-state index in [1.807, 2.05) is 47.4 Å². The molecule has 0 fully saturated rings. The summed E-state index contributed by atoms with van der Waals surface area (Å²) in [7, 11) is -0.627. The lowest BCUT2D eigenvalue weighted by atomic mass is 9.96. The number of carbonyl (C=O) groups excluding carboxylic acids is 4. The number of hydrogen-bond acceptors (Lipinski definition) is 10. The first-order valence-corrected chi connectivity index (χ1v) is 22.1. The molecule has 2 aromatic carbocycles. The Labute approximate surface area is 324 Å². The molecule has 3 heterocycles. The zero-order chi connectivity index (χ0) is 40.0. The van der Waals surface area contributed by atoms with Gasteiger partial charge in [0, 0.05) is 31.1 Å². The number of amides is 2. The number of anilines is 1. The lowest BCUT2D eigenvalue weighted by molar-refractivity contribution is -0.161. The number of hydrogen-bond donors (Lipinski definition) is 1. The van der Waals surface area contributed by atoms with Crippen LogP contribution in [0.2, 0.25) is 18.1 Å². The number of carbonyl (C=O) groups is 4. The van der Waals surface area contributed by atoms with Crippen molar-refractivity contribution in [3.05, 3.63) is 75.2 Å². The predicted octanol–water partition coefficient (Wildman–Crippen LogP) is 8.13. The highest BCUT2D eigenvalue weighted by Gasteiger charge is 2.43. The summed E-state index contributed by atoms with van der Waals surface area (Å²) in [5.41, 5.74) is 1.79. The van der Waals surface area contributed by atoms with Crippen LogP contribution in [-0.2, 0) is 38.6 Å². The van der Waals surface area contributed by atoms with E-state index in [0.717, 1.165) is 27.3 Å². The number of fused-ring (bicyclic) bond motifs is 2. The molecule has 1 unspecified atom stereocenters. The molecule has 2 aliphatic rings. The highest BCUT2D eigenvalue weighted by Crippen LogP contribution is 2.46. The maximum atomic E-state index is 14.4. The number of methoxy groups -OCH3 is 1. The average Bonchev–Trinajstić information content (AvgIpc) is 3.57. The molecular weight excluding hydrogens is 723 g/mol. The fraction of sp³-hybridized carbons (Fsp3) is 0.512. The summed E-state index contributed by atoms with van der Waals surface area (Å²) in [6.07, 6.45) is 0.480. The molecule has 5 rings (SSSR count). The van der Waals surface area contributed by atoms with Gasteiger partial charge < -0.3 is 28.9 Å². The summed E-state index contributed by atoms with van der Waals surface area (Å²) in [5.74, 6) is -1.39. The predicted molar refractivity (Wildman–Crippen MR) is 213 cm³/mol. The van der Waals surface area contributed by atoms with Gasteiger partial charge in [0.15, 0.2) is 0 Å². The minimum atomic E-state index is -2.26. The standard InChI is InChI=1S/C41H55N3O8SSi/c1-39(2,3)50-37(47)32-28-20-21-43(22-25-16-18-27(49-10)19-17-25)29(33(28)53-35(32)42-34(45)38(48)51-40(4,5)6)24-44-23-26-14-13-15-30(31(26)36(44)46)52-54(11,12)41(7,8)9/h13-19,29H,20-24H2,1-12H3,(H,42,45). The van der Waals surface area contributed by atoms with E-state index in [0.29, 0.717) is 43.9 Å². The molecule has 54 heavy (non-hydrogen) atoms. The van der Waals surface area contributed by atoms with Crippen molar-refractivity contribution < 1.29 is 37.8 Å². The molecule has 0 spiro atoms. The molecule has 0 bridgehead atoms. The Morgan fingerprint density at radius 3 is 2.17 bits per heavy atom. The topological polar surface area (TPSA) is 124 Å². The third-order valence-corrected chi connectivity index (χ3v) is 15.5. The molecule has 3 aromatic rings. The zero-order valence-corrected chi connectivity index (χ0v) is 35.5. The van der Waals surface area contributed by atoms with Crippen molar-refractivity contribution in [2.45, 2.75) is 117 Å². The summed E-state index contributed by atoms with van der Waals surface area (Å²) in [5, 5.41) is 2.85. The Hall–Kier alpha value is -4.20. The van der Waals surface area contributed by atoms with E-state index in [2.05, 4.69) is 44.1 Å². The number of nitrogens with one attached hydrogen (secondary N) is 1. The monoisotopic (exact) mass is 777 g/mol. The maximum Gasteiger partial charge on any atom is 0.397 e. The van der Waals surface area contributed by atoms with Gasteiger partial charge in [0.2, 0.25) is 0 Å². The van der Waals surface area contributed by atoms with Crippen LogP contribution >= 0.6 is 11.3 Å². The van der Waals surface area contributed by atoms with Gasteiger partial charge in [-0.05, 0) is 101 Å². The third-order valence-electron chi connectivity index (χ3n) is 9.93. The summed E-state index contributed by atoms with van der Waals surface area (Å²) < 4.78 is 23.3. The normalized spacial score (nSPS) is 16.4. The van der Waals surface area contributed by atoms with Crippen molar-refractivity contribution in [3.63, 3.8) is 0 Å². The Bertz CT molecular complexity index is 1920. The third kappa shape index (κ3) is 9.18. The quantitative estimate of drug-likeness (QED) is 0.130. The second-order valence-electron chi connectivity index (χ2n) is 17.5. The van der Waals surface area contributed by atoms with Gasteiger partial charge >= 0.3 is 17.8 Å². The van der Waals surface area contributed by atoms with Crippen LogP contribution in [0.1, 0.15) is 111 Å². The molecule has 1 atom stereocenters. The van der Waals surface area contributed by atoms with E-state index in [9.17, 15) is 19.2 Å². The van der Waals surface area contributed by atoms with Crippen molar-refractivity contribution in [2.24, 2.45) is 0 Å². The smallest absolute Gasteiger partial charge is 0.397 e. The first kappa shape index (κ1) is 41.0. The van der Waals surface area contributed by atoms with Crippen LogP contribution in [0.3, 0.4) is 0 Å². The minimum absolute atomic E-state index is 0.0564. The largest absolute Gasteiger partial charge is 0.543 e. The Morgan fingerprint density at radius 2 is 1.57 bits per heavy atom. The Morgan fingerprint density at radius 1 is 0.926 bits per heavy atom. The minimum Gasteiger partial charge on any atom is -0.543 e. The van der Waals surface area contributed by atoms with E-state index >= 15 is 0 Å². The number of benzene rings is 2. The first-order valence-electron chi connectivity index (χ1n) is 18.4. The second-order valence-corrected chi connectivity index (χ2v) is 23.3. The summed E-state index contributed by atoms with van der Waals surface area (Å²) in [6, 6.07) is 13.3. The van der Waals surface area contributed by atoms with Crippen LogP contribution in [0, 0.1) is 0 Å². The van der Waals surface area contributed by atoms with Gasteiger partial charge in [0.25, 0.3) is 14.2 Å². The Kier molecular flexibility index (Phi) is 11.5. The van der Waals surface area contributed by atoms with Gasteiger partial charge in [-0.25, -0.2) is 9.59 Å². The maximum absolute atomic E-state index is 14.4. The lowest BCUT2D eigenvalue weighted by Crippen LogP contribution is -2.44. The van der Waals surface area contributed by atoms with Crippen molar-refractivity contribution in [1.82, 2.24) is 9.80 Å². The SMILES string of the molecule is COc1ccc(CN2CCc3c(sc(NC(=O)C(=O)OC(C)(C)C)c3C(=O)OC(C)(C)C)C2CN2Cc3cccc(O[Si](C)(C)C(C)(C)C)c3C2=O)cc1. The summed E-state index contributed by atoms with van der Waals surface area (Å²) >= 11 is 1.23. The molecule has 0 aliphatic carbocycles. The van der Waals surface area contributed by atoms with Crippen molar-refractivity contribution >= 4 is 48.4 Å². The molecule has 292 valence electrons. The second kappa shape index (κ2) is 15.1. The molecule has 0 saturated carbocycles. The van der Waals surface area contributed by atoms with Crippen LogP contribution in [0.5, 0.6) is 11.5 Å². The number of thiophene rings is 1. The van der Waals surface area contributed by atoms with Gasteiger partial charge in [0.1, 0.15) is 27.7 Å². The molecule has 0 radical (unpaired) electrons. The van der Waals surface area contributed by atoms with Gasteiger partial charge in [0.05, 0.1) is 24.3 Å². The molecule has 1 aromatic heterocycles. The highest BCUT2D eigenvalue weighted by atomic mass is 32.1. The molecule has 2 aliphatic heterocycles. The van der Waals surface area contributed by atoms with Gasteiger partial charge in [-0.15, -0.1) is 11.3 Å². The van der Waals surface area contributed by atoms with E-state index < -0.39 is 37.4 Å². The van der Waals surface area contributed by atoms with Crippen molar-refractivity contribution in [1.29, 1.82) is 0 Å². The van der Waals surface area contributed by atoms with E-state index in [1.165, 1.54) is 11.3 Å². The molecule has 0 saturated heterocycles. The molecule has 11 nitrogen and oxygen atoms in total. The summed E-state index contributed by atoms with van der Waals surface area (Å²) in [4.78, 5) is 59.3. The van der Waals surface area contributed by atoms with E-state index in [-0.39, 0.29) is 27.6 Å². The van der Waals surface area contributed by atoms with Gasteiger partial charge in [-0.1, -0.05) is 45.0 Å². The number of rotatable bonds is 9. The number of nitrogens with zero attached hydrogens (tertiary/aromatic N) is 2. The lowest BCUT2D eigenvalue weighted by Gasteiger charge is -2.38. The zero-order valence-electron chi connectivity index (χ0n) is 33.7. The number of esters is 2.